The summed E-state index contributed by atoms with van der Waals surface area (Å²) in [5.74, 6) is 0.694. The van der Waals surface area contributed by atoms with E-state index in [2.05, 4.69) is 17.1 Å². The first kappa shape index (κ1) is 12.4. The van der Waals surface area contributed by atoms with E-state index in [4.69, 9.17) is 0 Å². The van der Waals surface area contributed by atoms with E-state index in [-0.39, 0.29) is 5.78 Å². The van der Waals surface area contributed by atoms with E-state index in [1.54, 1.807) is 24.2 Å². The average Bonchev–Trinajstić information content (AvgIpc) is 2.93. The number of ketones is 1. The second-order valence-electron chi connectivity index (χ2n) is 4.73. The third kappa shape index (κ3) is 2.87. The van der Waals surface area contributed by atoms with E-state index in [1.165, 1.54) is 17.5 Å². The predicted molar refractivity (Wildman–Crippen MR) is 77.8 cm³/mol. The van der Waals surface area contributed by atoms with Crippen molar-refractivity contribution in [1.29, 1.82) is 0 Å². The second kappa shape index (κ2) is 5.57. The molecule has 19 heavy (non-hydrogen) atoms. The number of rotatable bonds is 4. The number of benzene rings is 1. The first-order valence-electron chi connectivity index (χ1n) is 6.51. The Morgan fingerprint density at radius 1 is 1.11 bits per heavy atom. The summed E-state index contributed by atoms with van der Waals surface area (Å²) in [7, 11) is 0. The largest absolute Gasteiger partial charge is 0.293 e. The van der Waals surface area contributed by atoms with Crippen LogP contribution in [-0.2, 0) is 12.8 Å². The van der Waals surface area contributed by atoms with E-state index in [1.807, 2.05) is 18.2 Å². The van der Waals surface area contributed by atoms with Crippen LogP contribution in [0.15, 0.2) is 47.6 Å². The number of aryl methyl sites for hydroxylation is 2. The van der Waals surface area contributed by atoms with Crippen molar-refractivity contribution in [3.63, 3.8) is 0 Å². The van der Waals surface area contributed by atoms with Crippen molar-refractivity contribution < 1.29 is 4.79 Å². The number of Topliss-reactive ketones (excluding diaryl/α,β-unsaturated/α-hetero) is 1. The lowest BCUT2D eigenvalue weighted by Crippen LogP contribution is -2.03. The smallest absolute Gasteiger partial charge is 0.173 e. The maximum Gasteiger partial charge on any atom is 0.173 e. The molecule has 3 heteroatoms. The number of hydrogen-bond donors (Lipinski definition) is 0. The Labute approximate surface area is 117 Å². The topological polar surface area (TPSA) is 30.0 Å². The fourth-order valence-corrected chi connectivity index (χ4v) is 3.19. The van der Waals surface area contributed by atoms with Crippen LogP contribution in [0.25, 0.3) is 0 Å². The third-order valence-electron chi connectivity index (χ3n) is 3.44. The molecule has 0 unspecified atom stereocenters. The van der Waals surface area contributed by atoms with Gasteiger partial charge in [0, 0.05) is 22.9 Å². The number of hydrogen-bond acceptors (Lipinski definition) is 3. The fraction of sp³-hybridized carbons (Fsp3) is 0.250. The molecular formula is C16H15NOS. The molecule has 1 aromatic carbocycles. The van der Waals surface area contributed by atoms with Gasteiger partial charge in [-0.3, -0.25) is 9.78 Å². The van der Waals surface area contributed by atoms with Crippen molar-refractivity contribution in [3.05, 3.63) is 59.4 Å². The van der Waals surface area contributed by atoms with Crippen LogP contribution in [0.5, 0.6) is 0 Å². The molecule has 2 nitrogen and oxygen atoms in total. The Bertz CT molecular complexity index is 595. The summed E-state index contributed by atoms with van der Waals surface area (Å²) in [6.45, 7) is 0. The molecule has 1 heterocycles. The molecule has 0 radical (unpaired) electrons. The zero-order valence-electron chi connectivity index (χ0n) is 10.6. The molecule has 0 aliphatic heterocycles. The van der Waals surface area contributed by atoms with Gasteiger partial charge in [-0.1, -0.05) is 12.1 Å². The minimum atomic E-state index is 0.205. The van der Waals surface area contributed by atoms with Gasteiger partial charge in [0.25, 0.3) is 0 Å². The van der Waals surface area contributed by atoms with Crippen molar-refractivity contribution in [2.45, 2.75) is 24.2 Å². The quantitative estimate of drug-likeness (QED) is 0.628. The molecule has 0 bridgehead atoms. The van der Waals surface area contributed by atoms with Crippen molar-refractivity contribution in [3.8, 4) is 0 Å². The number of aromatic nitrogens is 1. The number of carbonyl (C=O) groups is 1. The van der Waals surface area contributed by atoms with E-state index in [0.29, 0.717) is 5.75 Å². The van der Waals surface area contributed by atoms with Gasteiger partial charge in [0.05, 0.1) is 5.75 Å². The summed E-state index contributed by atoms with van der Waals surface area (Å²) in [6.07, 6.45) is 7.01. The molecule has 0 spiro atoms. The highest BCUT2D eigenvalue weighted by Crippen LogP contribution is 2.24. The number of nitrogens with zero attached hydrogens (tertiary/aromatic N) is 1. The zero-order chi connectivity index (χ0) is 13.1. The van der Waals surface area contributed by atoms with Crippen molar-refractivity contribution in [2.75, 3.05) is 5.75 Å². The lowest BCUT2D eigenvalue weighted by atomic mass is 10.0. The zero-order valence-corrected chi connectivity index (χ0v) is 11.5. The molecule has 0 N–H and O–H groups in total. The molecule has 0 amide bonds. The lowest BCUT2D eigenvalue weighted by molar-refractivity contribution is 0.102. The molecule has 0 saturated carbocycles. The Morgan fingerprint density at radius 2 is 1.89 bits per heavy atom. The predicted octanol–water partition coefficient (Wildman–Crippen LogP) is 3.55. The van der Waals surface area contributed by atoms with Gasteiger partial charge in [-0.05, 0) is 48.6 Å². The summed E-state index contributed by atoms with van der Waals surface area (Å²) >= 11 is 1.57. The Hall–Kier alpha value is -1.61. The van der Waals surface area contributed by atoms with Gasteiger partial charge in [-0.15, -0.1) is 11.8 Å². The van der Waals surface area contributed by atoms with Crippen LogP contribution in [-0.4, -0.2) is 16.5 Å². The average molecular weight is 269 g/mol. The normalized spacial score (nSPS) is 13.3. The Balaban J connectivity index is 1.67. The Kier molecular flexibility index (Phi) is 3.65. The van der Waals surface area contributed by atoms with Crippen molar-refractivity contribution in [2.24, 2.45) is 0 Å². The number of thioether (sulfide) groups is 1. The Morgan fingerprint density at radius 3 is 2.74 bits per heavy atom. The lowest BCUT2D eigenvalue weighted by Gasteiger charge is -2.04. The fourth-order valence-electron chi connectivity index (χ4n) is 2.41. The van der Waals surface area contributed by atoms with E-state index < -0.39 is 0 Å². The van der Waals surface area contributed by atoms with Gasteiger partial charge >= 0.3 is 0 Å². The van der Waals surface area contributed by atoms with E-state index in [9.17, 15) is 4.79 Å². The van der Waals surface area contributed by atoms with Crippen LogP contribution in [0.4, 0.5) is 0 Å². The molecule has 1 aliphatic rings. The molecule has 2 aromatic rings. The van der Waals surface area contributed by atoms with Crippen LogP contribution in [0, 0.1) is 0 Å². The van der Waals surface area contributed by atoms with Gasteiger partial charge in [-0.2, -0.15) is 0 Å². The SMILES string of the molecule is O=C(CSc1ccncc1)c1ccc2c(c1)CCC2. The highest BCUT2D eigenvalue weighted by Gasteiger charge is 2.14. The van der Waals surface area contributed by atoms with E-state index >= 15 is 0 Å². The second-order valence-corrected chi connectivity index (χ2v) is 5.78. The van der Waals surface area contributed by atoms with Gasteiger partial charge in [0.15, 0.2) is 5.78 Å². The maximum atomic E-state index is 12.2. The standard InChI is InChI=1S/C16H15NOS/c18-16(11-19-15-6-8-17-9-7-15)14-5-4-12-2-1-3-13(12)10-14/h4-10H,1-3,11H2. The van der Waals surface area contributed by atoms with Crippen molar-refractivity contribution in [1.82, 2.24) is 4.98 Å². The number of carbonyl (C=O) groups excluding carboxylic acids is 1. The summed E-state index contributed by atoms with van der Waals surface area (Å²) in [4.78, 5) is 17.2. The number of fused-ring (bicyclic) bond motifs is 1. The summed E-state index contributed by atoms with van der Waals surface area (Å²) in [5, 5.41) is 0. The van der Waals surface area contributed by atoms with E-state index in [0.717, 1.165) is 23.3 Å². The number of pyridine rings is 1. The minimum Gasteiger partial charge on any atom is -0.293 e. The maximum absolute atomic E-state index is 12.2. The van der Waals surface area contributed by atoms with Crippen LogP contribution in [0.3, 0.4) is 0 Å². The molecule has 96 valence electrons. The van der Waals surface area contributed by atoms with Crippen LogP contribution >= 0.6 is 11.8 Å². The molecule has 0 atom stereocenters. The highest BCUT2D eigenvalue weighted by atomic mass is 32.2. The van der Waals surface area contributed by atoms with Gasteiger partial charge in [0.1, 0.15) is 0 Å². The van der Waals surface area contributed by atoms with Gasteiger partial charge in [0.2, 0.25) is 0 Å². The highest BCUT2D eigenvalue weighted by molar-refractivity contribution is 8.00. The van der Waals surface area contributed by atoms with Crippen LogP contribution < -0.4 is 0 Å². The van der Waals surface area contributed by atoms with Gasteiger partial charge in [-0.25, -0.2) is 0 Å². The van der Waals surface area contributed by atoms with Crippen LogP contribution in [0.2, 0.25) is 0 Å². The molecule has 0 fully saturated rings. The molecule has 1 aliphatic carbocycles. The van der Waals surface area contributed by atoms with Crippen molar-refractivity contribution >= 4 is 17.5 Å². The van der Waals surface area contributed by atoms with Gasteiger partial charge < -0.3 is 0 Å². The summed E-state index contributed by atoms with van der Waals surface area (Å²) in [5.41, 5.74) is 3.63. The third-order valence-corrected chi connectivity index (χ3v) is 4.45. The molecule has 0 saturated heterocycles. The molecule has 1 aromatic heterocycles. The minimum absolute atomic E-state index is 0.205. The van der Waals surface area contributed by atoms with Crippen LogP contribution in [0.1, 0.15) is 27.9 Å². The first-order chi connectivity index (χ1) is 9.33. The summed E-state index contributed by atoms with van der Waals surface area (Å²) < 4.78 is 0. The molecule has 3 rings (SSSR count). The summed E-state index contributed by atoms with van der Waals surface area (Å²) in [6, 6.07) is 10.0. The monoisotopic (exact) mass is 269 g/mol. The molecular weight excluding hydrogens is 254 g/mol. The first-order valence-corrected chi connectivity index (χ1v) is 7.49.